The summed E-state index contributed by atoms with van der Waals surface area (Å²) in [6, 6.07) is 9.44. The Morgan fingerprint density at radius 1 is 1.10 bits per heavy atom. The summed E-state index contributed by atoms with van der Waals surface area (Å²) in [6.45, 7) is 4.65. The highest BCUT2D eigenvalue weighted by Crippen LogP contribution is 2.25. The van der Waals surface area contributed by atoms with Crippen LogP contribution in [0.2, 0.25) is 0 Å². The Morgan fingerprint density at radius 2 is 1.77 bits per heavy atom. The first-order valence-corrected chi connectivity index (χ1v) is 9.59. The first kappa shape index (κ1) is 22.4. The Bertz CT molecular complexity index is 1160. The van der Waals surface area contributed by atoms with E-state index in [1.165, 1.54) is 24.3 Å². The highest BCUT2D eigenvalue weighted by molar-refractivity contribution is 5.95. The van der Waals surface area contributed by atoms with Gasteiger partial charge in [-0.25, -0.2) is 0 Å². The van der Waals surface area contributed by atoms with E-state index in [0.29, 0.717) is 25.0 Å². The molecule has 0 radical (unpaired) electrons. The molecule has 164 valence electrons. The van der Waals surface area contributed by atoms with Crippen molar-refractivity contribution in [2.75, 3.05) is 11.9 Å². The summed E-state index contributed by atoms with van der Waals surface area (Å²) >= 11 is 0. The summed E-state index contributed by atoms with van der Waals surface area (Å²) < 4.78 is 37.3. The number of amides is 1. The quantitative estimate of drug-likeness (QED) is 0.446. The molecule has 1 aromatic heterocycles. The second-order valence-electron chi connectivity index (χ2n) is 7.32. The van der Waals surface area contributed by atoms with Crippen LogP contribution in [0.1, 0.15) is 22.3 Å². The average molecular weight is 433 g/mol. The lowest BCUT2D eigenvalue weighted by Crippen LogP contribution is -2.30. The fourth-order valence-electron chi connectivity index (χ4n) is 3.50. The fraction of sp³-hybridized carbons (Fsp3) is 0.273. The van der Waals surface area contributed by atoms with Gasteiger partial charge < -0.3 is 20.7 Å². The molecular weight excluding hydrogens is 411 g/mol. The average Bonchev–Trinajstić information content (AvgIpc) is 2.68. The van der Waals surface area contributed by atoms with E-state index in [9.17, 15) is 27.9 Å². The smallest absolute Gasteiger partial charge is 0.471 e. The third-order valence-corrected chi connectivity index (χ3v) is 5.05. The third-order valence-electron chi connectivity index (χ3n) is 5.05. The van der Waals surface area contributed by atoms with Crippen molar-refractivity contribution in [3.05, 3.63) is 69.0 Å². The van der Waals surface area contributed by atoms with Crippen molar-refractivity contribution >= 4 is 22.5 Å². The molecule has 4 N–H and O–H groups in total. The molecule has 0 spiro atoms. The van der Waals surface area contributed by atoms with Crippen LogP contribution in [-0.2, 0) is 17.8 Å². The number of H-pyrrole nitrogens is 1. The molecule has 0 fully saturated rings. The molecule has 0 saturated heterocycles. The minimum Gasteiger partial charge on any atom is -0.506 e. The van der Waals surface area contributed by atoms with Gasteiger partial charge in [-0.3, -0.25) is 9.59 Å². The third kappa shape index (κ3) is 5.24. The molecule has 0 unspecified atom stereocenters. The molecular formula is C22H22F3N3O3. The number of halogens is 3. The molecule has 3 rings (SSSR count). The van der Waals surface area contributed by atoms with Gasteiger partial charge in [0.2, 0.25) is 5.56 Å². The van der Waals surface area contributed by atoms with E-state index in [0.717, 1.165) is 27.6 Å². The summed E-state index contributed by atoms with van der Waals surface area (Å²) in [5, 5.41) is 15.9. The number of benzene rings is 2. The lowest BCUT2D eigenvalue weighted by molar-refractivity contribution is -0.167. The molecule has 0 bridgehead atoms. The minimum atomic E-state index is -4.94. The van der Waals surface area contributed by atoms with Crippen LogP contribution in [0.3, 0.4) is 0 Å². The molecule has 2 aromatic carbocycles. The highest BCUT2D eigenvalue weighted by Gasteiger charge is 2.38. The topological polar surface area (TPSA) is 94.2 Å². The molecule has 9 heteroatoms. The number of phenolic OH excluding ortho intramolecular Hbond substituents is 1. The van der Waals surface area contributed by atoms with Crippen LogP contribution < -0.4 is 16.2 Å². The van der Waals surface area contributed by atoms with Crippen molar-refractivity contribution in [1.82, 2.24) is 10.3 Å². The van der Waals surface area contributed by atoms with Gasteiger partial charge in [-0.05, 0) is 73.3 Å². The first-order chi connectivity index (χ1) is 14.6. The number of aromatic hydroxyl groups is 1. The van der Waals surface area contributed by atoms with Gasteiger partial charge >= 0.3 is 12.1 Å². The van der Waals surface area contributed by atoms with E-state index < -0.39 is 12.1 Å². The summed E-state index contributed by atoms with van der Waals surface area (Å²) in [4.78, 5) is 25.3. The van der Waals surface area contributed by atoms with Crippen molar-refractivity contribution < 1.29 is 23.1 Å². The van der Waals surface area contributed by atoms with Crippen molar-refractivity contribution in [3.63, 3.8) is 0 Å². The number of hydrogen-bond acceptors (Lipinski definition) is 4. The van der Waals surface area contributed by atoms with E-state index in [4.69, 9.17) is 0 Å². The van der Waals surface area contributed by atoms with E-state index in [2.05, 4.69) is 10.3 Å². The van der Waals surface area contributed by atoms with Gasteiger partial charge in [0.25, 0.3) is 0 Å². The van der Waals surface area contributed by atoms with Gasteiger partial charge in [0.15, 0.2) is 0 Å². The van der Waals surface area contributed by atoms with Gasteiger partial charge in [-0.2, -0.15) is 13.2 Å². The summed E-state index contributed by atoms with van der Waals surface area (Å²) in [5.74, 6) is -1.99. The number of anilines is 1. The zero-order valence-electron chi connectivity index (χ0n) is 17.0. The number of hydrogen-bond donors (Lipinski definition) is 4. The van der Waals surface area contributed by atoms with Gasteiger partial charge in [-0.1, -0.05) is 6.07 Å². The number of rotatable bonds is 6. The number of pyridine rings is 1. The predicted octanol–water partition coefficient (Wildman–Crippen LogP) is 3.68. The van der Waals surface area contributed by atoms with E-state index in [1.54, 1.807) is 26.0 Å². The van der Waals surface area contributed by atoms with Crippen LogP contribution in [0.25, 0.3) is 10.9 Å². The molecule has 0 atom stereocenters. The molecule has 0 saturated carbocycles. The monoisotopic (exact) mass is 433 g/mol. The fourth-order valence-corrected chi connectivity index (χ4v) is 3.50. The summed E-state index contributed by atoms with van der Waals surface area (Å²) in [6.07, 6.45) is -4.30. The number of aromatic nitrogens is 1. The lowest BCUT2D eigenvalue weighted by Gasteiger charge is -2.15. The largest absolute Gasteiger partial charge is 0.506 e. The van der Waals surface area contributed by atoms with Crippen LogP contribution in [-0.4, -0.2) is 28.7 Å². The Labute approximate surface area is 176 Å². The SMILES string of the molecule is Cc1cc(NC(=O)C(F)(F)F)cc(C)c1CNCCc1ccc(O)c2[nH]c(=O)ccc12. The second-order valence-corrected chi connectivity index (χ2v) is 7.32. The number of nitrogens with one attached hydrogen (secondary N) is 3. The van der Waals surface area contributed by atoms with Crippen molar-refractivity contribution in [3.8, 4) is 5.75 Å². The van der Waals surface area contributed by atoms with Gasteiger partial charge in [0.05, 0.1) is 5.52 Å². The normalized spacial score (nSPS) is 11.6. The number of phenols is 1. The summed E-state index contributed by atoms with van der Waals surface area (Å²) in [5.41, 5.74) is 3.62. The zero-order valence-corrected chi connectivity index (χ0v) is 17.0. The van der Waals surface area contributed by atoms with Crippen molar-refractivity contribution in [1.29, 1.82) is 0 Å². The number of carbonyl (C=O) groups is 1. The van der Waals surface area contributed by atoms with E-state index in [1.807, 2.05) is 5.32 Å². The highest BCUT2D eigenvalue weighted by atomic mass is 19.4. The minimum absolute atomic E-state index is 0.00774. The van der Waals surface area contributed by atoms with Crippen LogP contribution >= 0.6 is 0 Å². The zero-order chi connectivity index (χ0) is 22.8. The molecule has 0 aliphatic heterocycles. The van der Waals surface area contributed by atoms with E-state index >= 15 is 0 Å². The summed E-state index contributed by atoms with van der Waals surface area (Å²) in [7, 11) is 0. The molecule has 3 aromatic rings. The maximum absolute atomic E-state index is 12.4. The van der Waals surface area contributed by atoms with Crippen LogP contribution in [0.4, 0.5) is 18.9 Å². The van der Waals surface area contributed by atoms with Gasteiger partial charge in [-0.15, -0.1) is 0 Å². The van der Waals surface area contributed by atoms with Crippen molar-refractivity contribution in [2.24, 2.45) is 0 Å². The number of alkyl halides is 3. The number of carbonyl (C=O) groups excluding carboxylic acids is 1. The predicted molar refractivity (Wildman–Crippen MR) is 112 cm³/mol. The van der Waals surface area contributed by atoms with Gasteiger partial charge in [0, 0.05) is 23.7 Å². The second kappa shape index (κ2) is 8.81. The first-order valence-electron chi connectivity index (χ1n) is 9.59. The van der Waals surface area contributed by atoms with Crippen LogP contribution in [0.5, 0.6) is 5.75 Å². The van der Waals surface area contributed by atoms with Crippen molar-refractivity contribution in [2.45, 2.75) is 33.0 Å². The molecule has 6 nitrogen and oxygen atoms in total. The van der Waals surface area contributed by atoms with Crippen LogP contribution in [0.15, 0.2) is 41.2 Å². The lowest BCUT2D eigenvalue weighted by atomic mass is 10.0. The standard InChI is InChI=1S/C22H22F3N3O3/c1-12-9-15(27-21(31)22(23,24)25)10-13(2)17(12)11-26-8-7-14-3-5-18(29)20-16(14)4-6-19(30)28-20/h3-6,9-10,26,29H,7-8,11H2,1-2H3,(H,27,31)(H,28,30). The Kier molecular flexibility index (Phi) is 6.35. The Balaban J connectivity index is 1.65. The van der Waals surface area contributed by atoms with Gasteiger partial charge in [0.1, 0.15) is 5.75 Å². The Hall–Kier alpha value is -3.33. The number of aryl methyl sites for hydroxylation is 2. The maximum Gasteiger partial charge on any atom is 0.471 e. The molecule has 1 amide bonds. The molecule has 31 heavy (non-hydrogen) atoms. The number of fused-ring (bicyclic) bond motifs is 1. The van der Waals surface area contributed by atoms with Crippen LogP contribution in [0, 0.1) is 13.8 Å². The molecule has 0 aliphatic carbocycles. The Morgan fingerprint density at radius 3 is 2.42 bits per heavy atom. The molecule has 0 aliphatic rings. The van der Waals surface area contributed by atoms with E-state index in [-0.39, 0.29) is 17.0 Å². The molecule has 1 heterocycles. The number of aromatic amines is 1. The maximum atomic E-state index is 12.4.